The van der Waals surface area contributed by atoms with Crippen LogP contribution in [0.1, 0.15) is 52.8 Å². The first-order valence-corrected chi connectivity index (χ1v) is 10.6. The van der Waals surface area contributed by atoms with Gasteiger partial charge in [0, 0.05) is 34.7 Å². The van der Waals surface area contributed by atoms with Crippen molar-refractivity contribution < 1.29 is 18.4 Å². The second-order valence-corrected chi connectivity index (χ2v) is 8.69. The quantitative estimate of drug-likeness (QED) is 0.707. The van der Waals surface area contributed by atoms with Crippen LogP contribution in [0.4, 0.5) is 14.5 Å². The molecule has 2 amide bonds. The van der Waals surface area contributed by atoms with Crippen molar-refractivity contribution in [3.8, 4) is 0 Å². The second-order valence-electron chi connectivity index (χ2n) is 7.61. The van der Waals surface area contributed by atoms with E-state index in [4.69, 9.17) is 0 Å². The molecule has 2 aromatic carbocycles. The number of rotatable bonds is 4. The molecule has 1 aliphatic carbocycles. The van der Waals surface area contributed by atoms with Gasteiger partial charge in [-0.1, -0.05) is 23.9 Å². The highest BCUT2D eigenvalue weighted by molar-refractivity contribution is 7.99. The number of hydrogen-bond acceptors (Lipinski definition) is 3. The van der Waals surface area contributed by atoms with Gasteiger partial charge in [-0.05, 0) is 55.5 Å². The SMILES string of the molecule is O=C(NCCC1CCC(F)(F)CC1)c1ccc2c(c1)NC(=O)c1ccccc1S2. The molecule has 2 aliphatic rings. The Hall–Kier alpha value is -2.41. The molecule has 0 bridgehead atoms. The molecule has 1 saturated carbocycles. The van der Waals surface area contributed by atoms with Crippen LogP contribution in [0.15, 0.2) is 52.3 Å². The monoisotopic (exact) mass is 416 g/mol. The van der Waals surface area contributed by atoms with E-state index in [1.807, 2.05) is 24.3 Å². The lowest BCUT2D eigenvalue weighted by atomic mass is 9.85. The van der Waals surface area contributed by atoms with Crippen LogP contribution in [-0.4, -0.2) is 24.3 Å². The molecule has 152 valence electrons. The molecule has 1 aliphatic heterocycles. The van der Waals surface area contributed by atoms with Gasteiger partial charge in [0.2, 0.25) is 5.92 Å². The number of amides is 2. The van der Waals surface area contributed by atoms with Gasteiger partial charge in [0.1, 0.15) is 0 Å². The highest BCUT2D eigenvalue weighted by Gasteiger charge is 2.34. The van der Waals surface area contributed by atoms with Gasteiger partial charge in [0.05, 0.1) is 11.3 Å². The average Bonchev–Trinajstić information content (AvgIpc) is 2.84. The largest absolute Gasteiger partial charge is 0.352 e. The Balaban J connectivity index is 1.37. The third-order valence-corrected chi connectivity index (χ3v) is 6.67. The zero-order valence-electron chi connectivity index (χ0n) is 15.8. The van der Waals surface area contributed by atoms with E-state index >= 15 is 0 Å². The fourth-order valence-corrected chi connectivity index (χ4v) is 4.80. The summed E-state index contributed by atoms with van der Waals surface area (Å²) in [4.78, 5) is 26.7. The molecule has 0 unspecified atom stereocenters. The van der Waals surface area contributed by atoms with E-state index in [9.17, 15) is 18.4 Å². The average molecular weight is 416 g/mol. The Morgan fingerprint density at radius 1 is 1.14 bits per heavy atom. The van der Waals surface area contributed by atoms with E-state index in [0.29, 0.717) is 42.6 Å². The van der Waals surface area contributed by atoms with Gasteiger partial charge in [-0.2, -0.15) is 0 Å². The van der Waals surface area contributed by atoms with Crippen LogP contribution in [0.2, 0.25) is 0 Å². The zero-order valence-corrected chi connectivity index (χ0v) is 16.7. The van der Waals surface area contributed by atoms with Crippen molar-refractivity contribution in [2.24, 2.45) is 5.92 Å². The van der Waals surface area contributed by atoms with Gasteiger partial charge in [-0.3, -0.25) is 9.59 Å². The minimum Gasteiger partial charge on any atom is -0.352 e. The first kappa shape index (κ1) is 19.9. The van der Waals surface area contributed by atoms with Crippen LogP contribution in [0, 0.1) is 5.92 Å². The van der Waals surface area contributed by atoms with Gasteiger partial charge < -0.3 is 10.6 Å². The lowest BCUT2D eigenvalue weighted by molar-refractivity contribution is -0.0464. The normalized spacial score (nSPS) is 18.2. The predicted molar refractivity (Wildman–Crippen MR) is 109 cm³/mol. The number of hydrogen-bond donors (Lipinski definition) is 2. The van der Waals surface area contributed by atoms with Gasteiger partial charge >= 0.3 is 0 Å². The lowest BCUT2D eigenvalue weighted by Crippen LogP contribution is -2.29. The molecule has 0 radical (unpaired) electrons. The lowest BCUT2D eigenvalue weighted by Gasteiger charge is -2.28. The van der Waals surface area contributed by atoms with E-state index < -0.39 is 5.92 Å². The van der Waals surface area contributed by atoms with Crippen molar-refractivity contribution >= 4 is 29.3 Å². The molecule has 4 rings (SSSR count). The molecular weight excluding hydrogens is 394 g/mol. The van der Waals surface area contributed by atoms with Crippen molar-refractivity contribution in [2.45, 2.75) is 47.8 Å². The molecule has 29 heavy (non-hydrogen) atoms. The molecule has 0 saturated heterocycles. The maximum absolute atomic E-state index is 13.2. The summed E-state index contributed by atoms with van der Waals surface area (Å²) in [5, 5.41) is 5.75. The van der Waals surface area contributed by atoms with E-state index in [-0.39, 0.29) is 30.6 Å². The number of anilines is 1. The Morgan fingerprint density at radius 2 is 1.90 bits per heavy atom. The third kappa shape index (κ3) is 4.61. The molecule has 1 heterocycles. The third-order valence-electron chi connectivity index (χ3n) is 5.52. The highest BCUT2D eigenvalue weighted by Crippen LogP contribution is 2.39. The first-order chi connectivity index (χ1) is 13.9. The summed E-state index contributed by atoms with van der Waals surface area (Å²) in [5.74, 6) is -2.71. The summed E-state index contributed by atoms with van der Waals surface area (Å²) in [6, 6.07) is 12.6. The van der Waals surface area contributed by atoms with Crippen molar-refractivity contribution in [1.29, 1.82) is 0 Å². The van der Waals surface area contributed by atoms with E-state index in [1.165, 1.54) is 11.8 Å². The molecule has 7 heteroatoms. The molecule has 2 N–H and O–H groups in total. The number of fused-ring (bicyclic) bond motifs is 2. The van der Waals surface area contributed by atoms with Gasteiger partial charge in [0.25, 0.3) is 11.8 Å². The Kier molecular flexibility index (Phi) is 5.58. The van der Waals surface area contributed by atoms with Gasteiger partial charge in [-0.25, -0.2) is 8.78 Å². The van der Waals surface area contributed by atoms with Gasteiger partial charge in [-0.15, -0.1) is 0 Å². The van der Waals surface area contributed by atoms with Crippen molar-refractivity contribution in [2.75, 3.05) is 11.9 Å². The number of halogens is 2. The minimum atomic E-state index is -2.52. The van der Waals surface area contributed by atoms with Crippen LogP contribution in [0.25, 0.3) is 0 Å². The van der Waals surface area contributed by atoms with Crippen LogP contribution in [-0.2, 0) is 0 Å². The summed E-state index contributed by atoms with van der Waals surface area (Å²) in [6.07, 6.45) is 1.60. The Labute approximate surface area is 172 Å². The summed E-state index contributed by atoms with van der Waals surface area (Å²) < 4.78 is 26.5. The van der Waals surface area contributed by atoms with E-state index in [2.05, 4.69) is 10.6 Å². The molecular formula is C22H22F2N2O2S. The molecule has 0 spiro atoms. The maximum atomic E-state index is 13.2. The molecule has 0 atom stereocenters. The topological polar surface area (TPSA) is 58.2 Å². The summed E-state index contributed by atoms with van der Waals surface area (Å²) in [6.45, 7) is 0.457. The molecule has 0 aromatic heterocycles. The number of alkyl halides is 2. The van der Waals surface area contributed by atoms with Crippen LogP contribution in [0.3, 0.4) is 0 Å². The van der Waals surface area contributed by atoms with E-state index in [0.717, 1.165) is 9.79 Å². The smallest absolute Gasteiger partial charge is 0.256 e. The number of nitrogens with one attached hydrogen (secondary N) is 2. The Bertz CT molecular complexity index is 938. The van der Waals surface area contributed by atoms with Crippen molar-refractivity contribution in [1.82, 2.24) is 5.32 Å². The van der Waals surface area contributed by atoms with Crippen LogP contribution >= 0.6 is 11.8 Å². The fourth-order valence-electron chi connectivity index (χ4n) is 3.79. The molecule has 4 nitrogen and oxygen atoms in total. The van der Waals surface area contributed by atoms with Gasteiger partial charge in [0.15, 0.2) is 0 Å². The first-order valence-electron chi connectivity index (χ1n) is 9.80. The number of benzene rings is 2. The molecule has 2 aromatic rings. The summed E-state index contributed by atoms with van der Waals surface area (Å²) in [5.41, 5.74) is 1.68. The highest BCUT2D eigenvalue weighted by atomic mass is 32.2. The zero-order chi connectivity index (χ0) is 20.4. The standard InChI is InChI=1S/C22H22F2N2O2S/c23-22(24)10-7-14(8-11-22)9-12-25-20(27)15-5-6-19-17(13-15)26-21(28)16-3-1-2-4-18(16)29-19/h1-6,13-14H,7-12H2,(H,25,27)(H,26,28). The fraction of sp³-hybridized carbons (Fsp3) is 0.364. The number of carbonyl (C=O) groups excluding carboxylic acids is 2. The number of carbonyl (C=O) groups is 2. The van der Waals surface area contributed by atoms with Crippen molar-refractivity contribution in [3.05, 3.63) is 53.6 Å². The minimum absolute atomic E-state index is 0.0593. The van der Waals surface area contributed by atoms with E-state index in [1.54, 1.807) is 18.2 Å². The van der Waals surface area contributed by atoms with Crippen LogP contribution < -0.4 is 10.6 Å². The van der Waals surface area contributed by atoms with Crippen LogP contribution in [0.5, 0.6) is 0 Å². The predicted octanol–water partition coefficient (Wildman–Crippen LogP) is 5.35. The summed E-state index contributed by atoms with van der Waals surface area (Å²) >= 11 is 1.49. The van der Waals surface area contributed by atoms with Crippen molar-refractivity contribution in [3.63, 3.8) is 0 Å². The summed E-state index contributed by atoms with van der Waals surface area (Å²) in [7, 11) is 0. The Morgan fingerprint density at radius 3 is 2.69 bits per heavy atom. The molecule has 1 fully saturated rings. The second kappa shape index (κ2) is 8.14. The maximum Gasteiger partial charge on any atom is 0.256 e.